The Morgan fingerprint density at radius 2 is 2.32 bits per heavy atom. The molecule has 0 aliphatic heterocycles. The number of nitrogens with one attached hydrogen (secondary N) is 1. The molecule has 3 rings (SSSR count). The molecule has 4 nitrogen and oxygen atoms in total. The quantitative estimate of drug-likeness (QED) is 0.728. The molecule has 6 heteroatoms. The summed E-state index contributed by atoms with van der Waals surface area (Å²) in [6.45, 7) is 3.02. The van der Waals surface area contributed by atoms with Crippen molar-refractivity contribution in [1.82, 2.24) is 9.55 Å². The molecule has 0 saturated carbocycles. The van der Waals surface area contributed by atoms with Crippen molar-refractivity contribution in [3.63, 3.8) is 0 Å². The molecule has 1 amide bonds. The van der Waals surface area contributed by atoms with Crippen LogP contribution in [0.3, 0.4) is 0 Å². The van der Waals surface area contributed by atoms with Crippen LogP contribution in [0.25, 0.3) is 10.9 Å². The number of fused-ring (bicyclic) bond motifs is 1. The van der Waals surface area contributed by atoms with Crippen molar-refractivity contribution >= 4 is 44.9 Å². The van der Waals surface area contributed by atoms with E-state index >= 15 is 0 Å². The van der Waals surface area contributed by atoms with E-state index in [1.165, 1.54) is 11.3 Å². The smallest absolute Gasteiger partial charge is 0.259 e. The van der Waals surface area contributed by atoms with Crippen LogP contribution in [0.5, 0.6) is 0 Å². The van der Waals surface area contributed by atoms with E-state index in [9.17, 15) is 4.79 Å². The van der Waals surface area contributed by atoms with Gasteiger partial charge in [0.15, 0.2) is 5.13 Å². The summed E-state index contributed by atoms with van der Waals surface area (Å²) in [5.41, 5.74) is 1.64. The predicted octanol–water partition coefficient (Wildman–Crippen LogP) is 4.80. The first-order valence-corrected chi connectivity index (χ1v) is 8.44. The van der Waals surface area contributed by atoms with Gasteiger partial charge in [0.1, 0.15) is 0 Å². The molecular formula is C16H16ClN3OS. The minimum absolute atomic E-state index is 0.141. The van der Waals surface area contributed by atoms with Gasteiger partial charge in [-0.2, -0.15) is 0 Å². The van der Waals surface area contributed by atoms with Crippen LogP contribution in [0.2, 0.25) is 5.02 Å². The maximum Gasteiger partial charge on any atom is 0.259 e. The van der Waals surface area contributed by atoms with Crippen molar-refractivity contribution in [3.8, 4) is 0 Å². The van der Waals surface area contributed by atoms with Gasteiger partial charge in [0, 0.05) is 34.7 Å². The van der Waals surface area contributed by atoms with Gasteiger partial charge in [-0.25, -0.2) is 4.98 Å². The first-order chi connectivity index (χ1) is 10.7. The summed E-state index contributed by atoms with van der Waals surface area (Å²) < 4.78 is 2.10. The van der Waals surface area contributed by atoms with Crippen molar-refractivity contribution < 1.29 is 4.79 Å². The van der Waals surface area contributed by atoms with Crippen molar-refractivity contribution in [2.45, 2.75) is 26.3 Å². The molecule has 1 N–H and O–H groups in total. The number of thiazole rings is 1. The summed E-state index contributed by atoms with van der Waals surface area (Å²) >= 11 is 7.51. The largest absolute Gasteiger partial charge is 0.347 e. The van der Waals surface area contributed by atoms with Gasteiger partial charge in [0.05, 0.1) is 11.1 Å². The fourth-order valence-electron chi connectivity index (χ4n) is 2.41. The monoisotopic (exact) mass is 333 g/mol. The standard InChI is InChI=1S/C16H16ClN3OS/c1-2-3-7-20-10-13(12-5-4-11(17)9-14(12)20)15(21)19-16-18-6-8-22-16/h4-6,8-10H,2-3,7H2,1H3,(H,18,19,21). The van der Waals surface area contributed by atoms with E-state index in [-0.39, 0.29) is 5.91 Å². The molecule has 2 heterocycles. The Bertz CT molecular complexity index is 795. The van der Waals surface area contributed by atoms with Crippen molar-refractivity contribution in [2.24, 2.45) is 0 Å². The number of aromatic nitrogens is 2. The normalized spacial score (nSPS) is 11.0. The summed E-state index contributed by atoms with van der Waals surface area (Å²) in [4.78, 5) is 16.6. The number of nitrogens with zero attached hydrogens (tertiary/aromatic N) is 2. The fraction of sp³-hybridized carbons (Fsp3) is 0.250. The second kappa shape index (κ2) is 6.50. The highest BCUT2D eigenvalue weighted by atomic mass is 35.5. The van der Waals surface area contributed by atoms with E-state index in [4.69, 9.17) is 11.6 Å². The third-order valence-electron chi connectivity index (χ3n) is 3.49. The molecule has 1 aromatic carbocycles. The molecule has 0 saturated heterocycles. The Hall–Kier alpha value is -1.85. The third-order valence-corrected chi connectivity index (χ3v) is 4.42. The molecule has 2 aromatic heterocycles. The van der Waals surface area contributed by atoms with Gasteiger partial charge in [-0.05, 0) is 18.6 Å². The van der Waals surface area contributed by atoms with Crippen LogP contribution in [0, 0.1) is 0 Å². The summed E-state index contributed by atoms with van der Waals surface area (Å²) in [6, 6.07) is 5.62. The average molecular weight is 334 g/mol. The molecule has 0 spiro atoms. The maximum absolute atomic E-state index is 12.5. The second-order valence-corrected chi connectivity index (χ2v) is 6.37. The highest BCUT2D eigenvalue weighted by Gasteiger charge is 2.16. The van der Waals surface area contributed by atoms with Gasteiger partial charge in [-0.3, -0.25) is 10.1 Å². The molecule has 0 atom stereocenters. The lowest BCUT2D eigenvalue weighted by Crippen LogP contribution is -2.11. The van der Waals surface area contributed by atoms with Crippen LogP contribution in [-0.2, 0) is 6.54 Å². The summed E-state index contributed by atoms with van der Waals surface area (Å²) in [5, 5.41) is 6.86. The first kappa shape index (κ1) is 15.1. The molecule has 22 heavy (non-hydrogen) atoms. The number of carbonyl (C=O) groups is 1. The van der Waals surface area contributed by atoms with Gasteiger partial charge in [0.2, 0.25) is 0 Å². The van der Waals surface area contributed by atoms with E-state index in [0.29, 0.717) is 15.7 Å². The molecule has 3 aromatic rings. The SMILES string of the molecule is CCCCn1cc(C(=O)Nc2nccs2)c2ccc(Cl)cc21. The highest BCUT2D eigenvalue weighted by Crippen LogP contribution is 2.26. The molecule has 0 bridgehead atoms. The summed E-state index contributed by atoms with van der Waals surface area (Å²) in [6.07, 6.45) is 5.73. The molecular weight excluding hydrogens is 318 g/mol. The lowest BCUT2D eigenvalue weighted by atomic mass is 10.1. The first-order valence-electron chi connectivity index (χ1n) is 7.18. The molecule has 0 unspecified atom stereocenters. The Morgan fingerprint density at radius 1 is 1.45 bits per heavy atom. The van der Waals surface area contributed by atoms with E-state index in [1.54, 1.807) is 6.20 Å². The zero-order valence-electron chi connectivity index (χ0n) is 12.2. The Labute approximate surface area is 137 Å². The topological polar surface area (TPSA) is 46.9 Å². The van der Waals surface area contributed by atoms with Crippen LogP contribution in [0.4, 0.5) is 5.13 Å². The number of halogens is 1. The molecule has 0 fully saturated rings. The lowest BCUT2D eigenvalue weighted by molar-refractivity contribution is 0.102. The number of aryl methyl sites for hydroxylation is 1. The molecule has 0 aliphatic carbocycles. The van der Waals surface area contributed by atoms with E-state index in [1.807, 2.05) is 29.8 Å². The highest BCUT2D eigenvalue weighted by molar-refractivity contribution is 7.13. The number of unbranched alkanes of at least 4 members (excludes halogenated alkanes) is 1. The van der Waals surface area contributed by atoms with Crippen LogP contribution in [-0.4, -0.2) is 15.5 Å². The number of hydrogen-bond donors (Lipinski definition) is 1. The average Bonchev–Trinajstić information content (AvgIpc) is 3.12. The summed E-state index contributed by atoms with van der Waals surface area (Å²) in [5.74, 6) is -0.141. The number of carbonyl (C=O) groups excluding carboxylic acids is 1. The van der Waals surface area contributed by atoms with Gasteiger partial charge < -0.3 is 4.57 Å². The van der Waals surface area contributed by atoms with Gasteiger partial charge in [0.25, 0.3) is 5.91 Å². The van der Waals surface area contributed by atoms with Crippen LogP contribution < -0.4 is 5.32 Å². The van der Waals surface area contributed by atoms with Gasteiger partial charge >= 0.3 is 0 Å². The molecule has 0 radical (unpaired) electrons. The van der Waals surface area contributed by atoms with Gasteiger partial charge in [-0.15, -0.1) is 11.3 Å². The second-order valence-electron chi connectivity index (χ2n) is 5.04. The fourth-order valence-corrected chi connectivity index (χ4v) is 3.10. The Morgan fingerprint density at radius 3 is 3.05 bits per heavy atom. The third kappa shape index (κ3) is 3.00. The maximum atomic E-state index is 12.5. The number of anilines is 1. The molecule has 0 aliphatic rings. The van der Waals surface area contributed by atoms with Crippen molar-refractivity contribution in [2.75, 3.05) is 5.32 Å². The van der Waals surface area contributed by atoms with Crippen LogP contribution in [0.1, 0.15) is 30.1 Å². The number of hydrogen-bond acceptors (Lipinski definition) is 3. The van der Waals surface area contributed by atoms with Crippen LogP contribution in [0.15, 0.2) is 36.0 Å². The van der Waals surface area contributed by atoms with E-state index in [2.05, 4.69) is 21.8 Å². The summed E-state index contributed by atoms with van der Waals surface area (Å²) in [7, 11) is 0. The van der Waals surface area contributed by atoms with Crippen molar-refractivity contribution in [1.29, 1.82) is 0 Å². The zero-order chi connectivity index (χ0) is 15.5. The Kier molecular flexibility index (Phi) is 4.45. The van der Waals surface area contributed by atoms with Crippen LogP contribution >= 0.6 is 22.9 Å². The van der Waals surface area contributed by atoms with Crippen molar-refractivity contribution in [3.05, 3.63) is 46.6 Å². The zero-order valence-corrected chi connectivity index (χ0v) is 13.7. The Balaban J connectivity index is 1.99. The predicted molar refractivity (Wildman–Crippen MR) is 91.9 cm³/mol. The minimum Gasteiger partial charge on any atom is -0.347 e. The van der Waals surface area contributed by atoms with E-state index < -0.39 is 0 Å². The number of benzene rings is 1. The number of amides is 1. The van der Waals surface area contributed by atoms with Gasteiger partial charge in [-0.1, -0.05) is 31.0 Å². The van der Waals surface area contributed by atoms with E-state index in [0.717, 1.165) is 30.3 Å². The minimum atomic E-state index is -0.141. The molecule has 114 valence electrons. The lowest BCUT2D eigenvalue weighted by Gasteiger charge is -2.03. The number of rotatable bonds is 5.